The van der Waals surface area contributed by atoms with Crippen LogP contribution < -0.4 is 16.4 Å². The number of aliphatic hydroxyl groups excluding tert-OH is 1. The largest absolute Gasteiger partial charge is 0.393 e. The lowest BCUT2D eigenvalue weighted by Gasteiger charge is -2.29. The predicted octanol–water partition coefficient (Wildman–Crippen LogP) is 1.66. The molecule has 0 saturated heterocycles. The highest BCUT2D eigenvalue weighted by Crippen LogP contribution is 2.25. The molecule has 2 atom stereocenters. The van der Waals surface area contributed by atoms with Crippen molar-refractivity contribution >= 4 is 17.7 Å². The third-order valence-electron chi connectivity index (χ3n) is 5.38. The monoisotopic (exact) mass is 363 g/mol. The molecule has 0 aromatic carbocycles. The van der Waals surface area contributed by atoms with Gasteiger partial charge in [-0.25, -0.2) is 4.98 Å². The van der Waals surface area contributed by atoms with Gasteiger partial charge in [0.2, 0.25) is 5.95 Å². The van der Waals surface area contributed by atoms with E-state index in [-0.39, 0.29) is 17.7 Å². The normalized spacial score (nSPS) is 29.2. The number of nitrogens with zero attached hydrogens (tertiary/aromatic N) is 2. The van der Waals surface area contributed by atoms with E-state index >= 15 is 0 Å². The van der Waals surface area contributed by atoms with Crippen LogP contribution in [0.15, 0.2) is 6.20 Å². The van der Waals surface area contributed by atoms with Gasteiger partial charge in [-0.15, -0.1) is 0 Å². The van der Waals surface area contributed by atoms with Crippen LogP contribution in [0.1, 0.15) is 61.7 Å². The van der Waals surface area contributed by atoms with Crippen LogP contribution >= 0.6 is 0 Å². The Hall–Kier alpha value is -1.93. The lowest BCUT2D eigenvalue weighted by Crippen LogP contribution is -2.32. The molecule has 1 amide bonds. The van der Waals surface area contributed by atoms with E-state index in [1.54, 1.807) is 7.11 Å². The molecular formula is C18H29N5O3. The fourth-order valence-corrected chi connectivity index (χ4v) is 3.86. The summed E-state index contributed by atoms with van der Waals surface area (Å²) >= 11 is 0. The molecule has 8 heteroatoms. The van der Waals surface area contributed by atoms with Gasteiger partial charge in [0.15, 0.2) is 0 Å². The summed E-state index contributed by atoms with van der Waals surface area (Å²) < 4.78 is 5.40. The van der Waals surface area contributed by atoms with Gasteiger partial charge in [0.05, 0.1) is 17.8 Å². The zero-order valence-corrected chi connectivity index (χ0v) is 15.3. The van der Waals surface area contributed by atoms with E-state index in [1.807, 2.05) is 0 Å². The predicted molar refractivity (Wildman–Crippen MR) is 99.1 cm³/mol. The first-order chi connectivity index (χ1) is 12.5. The fourth-order valence-electron chi connectivity index (χ4n) is 3.86. The summed E-state index contributed by atoms with van der Waals surface area (Å²) in [7, 11) is 1.75. The van der Waals surface area contributed by atoms with E-state index in [9.17, 15) is 9.90 Å². The molecular weight excluding hydrogens is 334 g/mol. The van der Waals surface area contributed by atoms with E-state index in [2.05, 4.69) is 20.6 Å². The summed E-state index contributed by atoms with van der Waals surface area (Å²) in [4.78, 5) is 20.5. The smallest absolute Gasteiger partial charge is 0.254 e. The summed E-state index contributed by atoms with van der Waals surface area (Å²) in [6, 6.07) is 0.377. The van der Waals surface area contributed by atoms with Crippen LogP contribution in [0.3, 0.4) is 0 Å². The molecule has 8 nitrogen and oxygen atoms in total. The molecule has 5 N–H and O–H groups in total. The number of hydrogen-bond donors (Lipinski definition) is 4. The number of methoxy groups -OCH3 is 1. The SMILES string of the molecule is CO[C@H]1CC[C@H](Nc2ncc(C(N)=O)c(NC3CCC[C@H](O)C3)n2)CC1. The second kappa shape index (κ2) is 8.64. The highest BCUT2D eigenvalue weighted by Gasteiger charge is 2.24. The van der Waals surface area contributed by atoms with Crippen LogP contribution in [0.5, 0.6) is 0 Å². The van der Waals surface area contributed by atoms with Crippen molar-refractivity contribution in [2.75, 3.05) is 17.7 Å². The number of aromatic nitrogens is 2. The molecule has 0 radical (unpaired) electrons. The van der Waals surface area contributed by atoms with Gasteiger partial charge in [-0.2, -0.15) is 4.98 Å². The molecule has 2 aliphatic rings. The molecule has 26 heavy (non-hydrogen) atoms. The maximum Gasteiger partial charge on any atom is 0.254 e. The number of nitrogens with two attached hydrogens (primary N) is 1. The number of hydrogen-bond acceptors (Lipinski definition) is 7. The van der Waals surface area contributed by atoms with E-state index < -0.39 is 5.91 Å². The van der Waals surface area contributed by atoms with Crippen LogP contribution in [0.2, 0.25) is 0 Å². The van der Waals surface area contributed by atoms with Crippen LogP contribution in [0.4, 0.5) is 11.8 Å². The second-order valence-electron chi connectivity index (χ2n) is 7.34. The molecule has 1 heterocycles. The van der Waals surface area contributed by atoms with Gasteiger partial charge in [-0.1, -0.05) is 0 Å². The van der Waals surface area contributed by atoms with Crippen molar-refractivity contribution in [3.8, 4) is 0 Å². The molecule has 144 valence electrons. The first kappa shape index (κ1) is 18.8. The average Bonchev–Trinajstić information content (AvgIpc) is 2.62. The van der Waals surface area contributed by atoms with E-state index in [4.69, 9.17) is 10.5 Å². The minimum Gasteiger partial charge on any atom is -0.393 e. The van der Waals surface area contributed by atoms with Crippen LogP contribution in [0.25, 0.3) is 0 Å². The molecule has 1 aromatic heterocycles. The van der Waals surface area contributed by atoms with Gasteiger partial charge < -0.3 is 26.2 Å². The first-order valence-electron chi connectivity index (χ1n) is 9.46. The summed E-state index contributed by atoms with van der Waals surface area (Å²) in [5.41, 5.74) is 5.75. The first-order valence-corrected chi connectivity index (χ1v) is 9.46. The third-order valence-corrected chi connectivity index (χ3v) is 5.38. The molecule has 3 rings (SSSR count). The molecule has 0 spiro atoms. The van der Waals surface area contributed by atoms with Crippen molar-refractivity contribution in [1.29, 1.82) is 0 Å². The Morgan fingerprint density at radius 3 is 2.62 bits per heavy atom. The highest BCUT2D eigenvalue weighted by molar-refractivity contribution is 5.97. The molecule has 0 aliphatic heterocycles. The van der Waals surface area contributed by atoms with Crippen molar-refractivity contribution in [3.05, 3.63) is 11.8 Å². The van der Waals surface area contributed by atoms with E-state index in [0.717, 1.165) is 44.9 Å². The van der Waals surface area contributed by atoms with Gasteiger partial charge in [0.25, 0.3) is 5.91 Å². The molecule has 2 saturated carbocycles. The number of carbonyl (C=O) groups is 1. The van der Waals surface area contributed by atoms with E-state index in [1.165, 1.54) is 6.20 Å². The van der Waals surface area contributed by atoms with Crippen LogP contribution in [-0.4, -0.2) is 52.4 Å². The standard InChI is InChI=1S/C18H29N5O3/c1-26-14-7-5-11(6-8-14)22-18-20-10-15(16(19)25)17(23-18)21-12-3-2-4-13(24)9-12/h10-14,24H,2-9H2,1H3,(H2,19,25)(H2,20,21,22,23)/t11-,12?,13-,14-/m0/s1. The molecule has 1 aromatic rings. The molecule has 1 unspecified atom stereocenters. The number of anilines is 2. The zero-order chi connectivity index (χ0) is 18.5. The Morgan fingerprint density at radius 1 is 1.19 bits per heavy atom. The van der Waals surface area contributed by atoms with Crippen molar-refractivity contribution in [1.82, 2.24) is 9.97 Å². The number of primary amides is 1. The van der Waals surface area contributed by atoms with Gasteiger partial charge >= 0.3 is 0 Å². The van der Waals surface area contributed by atoms with Gasteiger partial charge in [-0.05, 0) is 51.4 Å². The number of carbonyl (C=O) groups excluding carboxylic acids is 1. The lowest BCUT2D eigenvalue weighted by molar-refractivity contribution is 0.0681. The molecule has 2 aliphatic carbocycles. The summed E-state index contributed by atoms with van der Waals surface area (Å²) in [6.07, 6.45) is 8.86. The maximum atomic E-state index is 11.7. The van der Waals surface area contributed by atoms with Gasteiger partial charge in [0.1, 0.15) is 5.82 Å². The van der Waals surface area contributed by atoms with Crippen LogP contribution in [-0.2, 0) is 4.74 Å². The topological polar surface area (TPSA) is 122 Å². The molecule has 2 fully saturated rings. The maximum absolute atomic E-state index is 11.7. The van der Waals surface area contributed by atoms with Gasteiger partial charge in [0, 0.05) is 25.4 Å². The number of ether oxygens (including phenoxy) is 1. The highest BCUT2D eigenvalue weighted by atomic mass is 16.5. The minimum atomic E-state index is -0.559. The average molecular weight is 363 g/mol. The second-order valence-corrected chi connectivity index (χ2v) is 7.34. The summed E-state index contributed by atoms with van der Waals surface area (Å²) in [5.74, 6) is 0.380. The van der Waals surface area contributed by atoms with E-state index in [0.29, 0.717) is 30.3 Å². The number of amides is 1. The Balaban J connectivity index is 1.68. The Kier molecular flexibility index (Phi) is 6.26. The van der Waals surface area contributed by atoms with Crippen molar-refractivity contribution in [2.45, 2.75) is 75.7 Å². The van der Waals surface area contributed by atoms with Crippen molar-refractivity contribution < 1.29 is 14.6 Å². The van der Waals surface area contributed by atoms with Gasteiger partial charge in [-0.3, -0.25) is 4.79 Å². The fraction of sp³-hybridized carbons (Fsp3) is 0.722. The zero-order valence-electron chi connectivity index (χ0n) is 15.3. The molecule has 0 bridgehead atoms. The summed E-state index contributed by atoms with van der Waals surface area (Å²) in [5, 5.41) is 16.5. The summed E-state index contributed by atoms with van der Waals surface area (Å²) in [6.45, 7) is 0. The lowest BCUT2D eigenvalue weighted by atomic mass is 9.93. The Labute approximate surface area is 153 Å². The Bertz CT molecular complexity index is 619. The van der Waals surface area contributed by atoms with Crippen molar-refractivity contribution in [2.24, 2.45) is 5.73 Å². The third kappa shape index (κ3) is 4.82. The van der Waals surface area contributed by atoms with Crippen LogP contribution in [0, 0.1) is 0 Å². The number of aliphatic hydroxyl groups is 1. The minimum absolute atomic E-state index is 0.0803. The Morgan fingerprint density at radius 2 is 1.96 bits per heavy atom. The quantitative estimate of drug-likeness (QED) is 0.606. The number of rotatable bonds is 6. The van der Waals surface area contributed by atoms with Crippen molar-refractivity contribution in [3.63, 3.8) is 0 Å². The number of nitrogens with one attached hydrogen (secondary N) is 2.